The van der Waals surface area contributed by atoms with Gasteiger partial charge in [-0.1, -0.05) is 11.8 Å². The number of rotatable bonds is 6. The number of nitrogens with zero attached hydrogens (tertiary/aromatic N) is 3. The highest BCUT2D eigenvalue weighted by molar-refractivity contribution is 8.00. The number of nitrogens with two attached hydrogens (primary N) is 1. The summed E-state index contributed by atoms with van der Waals surface area (Å²) in [5.74, 6) is -0.328. The molecule has 0 spiro atoms. The van der Waals surface area contributed by atoms with E-state index in [1.807, 2.05) is 6.92 Å². The van der Waals surface area contributed by atoms with Gasteiger partial charge in [0.15, 0.2) is 5.03 Å². The molecule has 1 amide bonds. The first kappa shape index (κ1) is 14.2. The summed E-state index contributed by atoms with van der Waals surface area (Å²) >= 11 is 0.930. The maximum atomic E-state index is 10.9. The number of carbonyl (C=O) groups excluding carboxylic acids is 1. The predicted octanol–water partition coefficient (Wildman–Crippen LogP) is 0.702. The van der Waals surface area contributed by atoms with Crippen LogP contribution in [0.2, 0.25) is 0 Å². The molecule has 0 atom stereocenters. The normalized spacial score (nSPS) is 10.1. The van der Waals surface area contributed by atoms with Gasteiger partial charge < -0.3 is 11.1 Å². The average Bonchev–Trinajstić information content (AvgIpc) is 2.25. The average molecular weight is 271 g/mol. The Bertz CT molecular complexity index is 480. The number of nitro groups is 1. The lowest BCUT2D eigenvalue weighted by atomic mass is 10.4. The molecule has 0 saturated heterocycles. The van der Waals surface area contributed by atoms with Gasteiger partial charge in [0.25, 0.3) is 0 Å². The van der Waals surface area contributed by atoms with Gasteiger partial charge >= 0.3 is 5.69 Å². The van der Waals surface area contributed by atoms with Gasteiger partial charge in [0, 0.05) is 6.54 Å². The Morgan fingerprint density at radius 3 is 2.72 bits per heavy atom. The second-order valence-corrected chi connectivity index (χ2v) is 4.29. The summed E-state index contributed by atoms with van der Waals surface area (Å²) in [5.41, 5.74) is 5.07. The van der Waals surface area contributed by atoms with Gasteiger partial charge in [-0.2, -0.15) is 4.98 Å². The van der Waals surface area contributed by atoms with E-state index in [-0.39, 0.29) is 22.2 Å². The summed E-state index contributed by atoms with van der Waals surface area (Å²) in [6.45, 7) is 3.97. The molecule has 0 radical (unpaired) electrons. The zero-order chi connectivity index (χ0) is 13.7. The zero-order valence-corrected chi connectivity index (χ0v) is 10.8. The van der Waals surface area contributed by atoms with Crippen molar-refractivity contribution in [2.45, 2.75) is 18.9 Å². The monoisotopic (exact) mass is 271 g/mol. The molecule has 98 valence electrons. The van der Waals surface area contributed by atoms with Crippen LogP contribution < -0.4 is 11.1 Å². The third-order valence-electron chi connectivity index (χ3n) is 1.89. The van der Waals surface area contributed by atoms with Crippen LogP contribution in [0.3, 0.4) is 0 Å². The van der Waals surface area contributed by atoms with E-state index >= 15 is 0 Å². The van der Waals surface area contributed by atoms with Crippen LogP contribution in [0.5, 0.6) is 0 Å². The van der Waals surface area contributed by atoms with Crippen molar-refractivity contribution in [2.24, 2.45) is 5.73 Å². The Kier molecular flexibility index (Phi) is 4.84. The van der Waals surface area contributed by atoms with Gasteiger partial charge in [-0.25, -0.2) is 4.98 Å². The molecule has 8 nitrogen and oxygen atoms in total. The van der Waals surface area contributed by atoms with Crippen molar-refractivity contribution in [3.8, 4) is 0 Å². The van der Waals surface area contributed by atoms with Crippen molar-refractivity contribution in [2.75, 3.05) is 17.6 Å². The Hall–Kier alpha value is -1.90. The van der Waals surface area contributed by atoms with Gasteiger partial charge in [0.05, 0.1) is 10.7 Å². The number of thioether (sulfide) groups is 1. The van der Waals surface area contributed by atoms with Crippen LogP contribution in [0, 0.1) is 17.0 Å². The minimum absolute atomic E-state index is 0.0666. The van der Waals surface area contributed by atoms with Crippen molar-refractivity contribution in [1.29, 1.82) is 0 Å². The summed E-state index contributed by atoms with van der Waals surface area (Å²) in [6.07, 6.45) is 0. The molecule has 1 heterocycles. The molecule has 0 aliphatic heterocycles. The SMILES string of the molecule is CCNc1nc(C)c([N+](=O)[O-])c(SCC(N)=O)n1. The molecule has 0 aliphatic carbocycles. The molecule has 0 aliphatic rings. The van der Waals surface area contributed by atoms with Crippen LogP contribution >= 0.6 is 11.8 Å². The van der Waals surface area contributed by atoms with Gasteiger partial charge in [-0.15, -0.1) is 0 Å². The van der Waals surface area contributed by atoms with Gasteiger partial charge in [0.2, 0.25) is 11.9 Å². The largest absolute Gasteiger partial charge is 0.369 e. The van der Waals surface area contributed by atoms with Crippen LogP contribution in [0.25, 0.3) is 0 Å². The molecule has 3 N–H and O–H groups in total. The second-order valence-electron chi connectivity index (χ2n) is 3.33. The van der Waals surface area contributed by atoms with Gasteiger partial charge in [0.1, 0.15) is 5.69 Å². The van der Waals surface area contributed by atoms with Crippen molar-refractivity contribution in [1.82, 2.24) is 9.97 Å². The first-order valence-electron chi connectivity index (χ1n) is 5.13. The lowest BCUT2D eigenvalue weighted by Crippen LogP contribution is -2.14. The molecule has 0 unspecified atom stereocenters. The highest BCUT2D eigenvalue weighted by atomic mass is 32.2. The fourth-order valence-corrected chi connectivity index (χ4v) is 2.02. The fourth-order valence-electron chi connectivity index (χ4n) is 1.23. The van der Waals surface area contributed by atoms with Gasteiger partial charge in [-0.3, -0.25) is 14.9 Å². The topological polar surface area (TPSA) is 124 Å². The van der Waals surface area contributed by atoms with E-state index in [1.54, 1.807) is 0 Å². The summed E-state index contributed by atoms with van der Waals surface area (Å²) < 4.78 is 0. The van der Waals surface area contributed by atoms with Crippen LogP contribution in [-0.2, 0) is 4.79 Å². The smallest absolute Gasteiger partial charge is 0.322 e. The molecular weight excluding hydrogens is 258 g/mol. The molecule has 18 heavy (non-hydrogen) atoms. The van der Waals surface area contributed by atoms with E-state index in [9.17, 15) is 14.9 Å². The lowest BCUT2D eigenvalue weighted by Gasteiger charge is -2.07. The minimum atomic E-state index is -0.561. The minimum Gasteiger partial charge on any atom is -0.369 e. The van der Waals surface area contributed by atoms with E-state index in [0.29, 0.717) is 12.5 Å². The molecule has 1 aromatic rings. The molecule has 1 rings (SSSR count). The maximum absolute atomic E-state index is 10.9. The number of hydrogen-bond donors (Lipinski definition) is 2. The summed E-state index contributed by atoms with van der Waals surface area (Å²) in [4.78, 5) is 29.1. The van der Waals surface area contributed by atoms with E-state index < -0.39 is 10.8 Å². The molecule has 0 bridgehead atoms. The van der Waals surface area contributed by atoms with Crippen LogP contribution in [0.15, 0.2) is 5.03 Å². The van der Waals surface area contributed by atoms with Crippen molar-refractivity contribution >= 4 is 29.3 Å². The van der Waals surface area contributed by atoms with Crippen molar-refractivity contribution in [3.63, 3.8) is 0 Å². The molecule has 1 aromatic heterocycles. The Labute approximate surface area is 108 Å². The zero-order valence-electron chi connectivity index (χ0n) is 9.97. The number of aromatic nitrogens is 2. The number of primary amides is 1. The van der Waals surface area contributed by atoms with E-state index in [1.165, 1.54) is 6.92 Å². The Morgan fingerprint density at radius 1 is 1.56 bits per heavy atom. The number of nitrogens with one attached hydrogen (secondary N) is 1. The van der Waals surface area contributed by atoms with E-state index in [0.717, 1.165) is 11.8 Å². The number of aryl methyl sites for hydroxylation is 1. The number of hydrogen-bond acceptors (Lipinski definition) is 7. The van der Waals surface area contributed by atoms with Crippen LogP contribution in [0.1, 0.15) is 12.6 Å². The Balaban J connectivity index is 3.15. The lowest BCUT2D eigenvalue weighted by molar-refractivity contribution is -0.389. The number of anilines is 1. The van der Waals surface area contributed by atoms with E-state index in [4.69, 9.17) is 5.73 Å². The molecular formula is C9H13N5O3S. The summed E-state index contributed by atoms with van der Waals surface area (Å²) in [6, 6.07) is 0. The third-order valence-corrected chi connectivity index (χ3v) is 2.88. The second kappa shape index (κ2) is 6.15. The predicted molar refractivity (Wildman–Crippen MR) is 67.5 cm³/mol. The standard InChI is InChI=1S/C9H13N5O3S/c1-3-11-9-12-5(2)7(14(16)17)8(13-9)18-4-6(10)15/h3-4H2,1-2H3,(H2,10,15)(H,11,12,13). The van der Waals surface area contributed by atoms with Crippen LogP contribution in [-0.4, -0.2) is 33.1 Å². The number of amides is 1. The Morgan fingerprint density at radius 2 is 2.22 bits per heavy atom. The summed E-state index contributed by atoms with van der Waals surface area (Å²) in [7, 11) is 0. The molecule has 0 fully saturated rings. The van der Waals surface area contributed by atoms with Crippen molar-refractivity contribution < 1.29 is 9.72 Å². The van der Waals surface area contributed by atoms with E-state index in [2.05, 4.69) is 15.3 Å². The molecule has 0 aromatic carbocycles. The van der Waals surface area contributed by atoms with Crippen molar-refractivity contribution in [3.05, 3.63) is 15.8 Å². The maximum Gasteiger partial charge on any atom is 0.322 e. The third kappa shape index (κ3) is 3.55. The number of carbonyl (C=O) groups is 1. The molecule has 9 heteroatoms. The van der Waals surface area contributed by atoms with Crippen LogP contribution in [0.4, 0.5) is 11.6 Å². The fraction of sp³-hybridized carbons (Fsp3) is 0.444. The quantitative estimate of drug-likeness (QED) is 0.338. The van der Waals surface area contributed by atoms with Gasteiger partial charge in [-0.05, 0) is 13.8 Å². The molecule has 0 saturated carbocycles. The first-order valence-corrected chi connectivity index (χ1v) is 6.12. The highest BCUT2D eigenvalue weighted by Crippen LogP contribution is 2.30. The highest BCUT2D eigenvalue weighted by Gasteiger charge is 2.22. The first-order chi connectivity index (χ1) is 8.45. The summed E-state index contributed by atoms with van der Waals surface area (Å²) in [5, 5.41) is 13.9.